The first-order valence-electron chi connectivity index (χ1n) is 3.63. The summed E-state index contributed by atoms with van der Waals surface area (Å²) < 4.78 is 0.625. The molecule has 1 aromatic heterocycles. The van der Waals surface area contributed by atoms with Crippen LogP contribution in [0.15, 0.2) is 18.3 Å². The summed E-state index contributed by atoms with van der Waals surface area (Å²) in [6, 6.07) is 2.67. The first kappa shape index (κ1) is 10.5. The Bertz CT molecular complexity index is 391. The third kappa shape index (κ3) is 2.00. The van der Waals surface area contributed by atoms with E-state index >= 15 is 0 Å². The first-order chi connectivity index (χ1) is 6.56. The van der Waals surface area contributed by atoms with Crippen molar-refractivity contribution in [1.82, 2.24) is 0 Å². The van der Waals surface area contributed by atoms with Gasteiger partial charge in [0.05, 0.1) is 5.88 Å². The molecule has 74 valence electrons. The summed E-state index contributed by atoms with van der Waals surface area (Å²) in [5.41, 5.74) is 0.227. The zero-order chi connectivity index (χ0) is 10.7. The van der Waals surface area contributed by atoms with Crippen molar-refractivity contribution in [2.45, 2.75) is 5.88 Å². The van der Waals surface area contributed by atoms with Crippen molar-refractivity contribution in [1.29, 1.82) is 0 Å². The van der Waals surface area contributed by atoms with Crippen LogP contribution in [0, 0.1) is 0 Å². The maximum absolute atomic E-state index is 10.7. The van der Waals surface area contributed by atoms with Gasteiger partial charge in [0, 0.05) is 11.6 Å². The SMILES string of the molecule is O=C(O)c1ccc(CCl)c[n+]1C(=O)O. The van der Waals surface area contributed by atoms with E-state index in [0.29, 0.717) is 10.1 Å². The van der Waals surface area contributed by atoms with Crippen LogP contribution in [0.5, 0.6) is 0 Å². The molecule has 1 heterocycles. The van der Waals surface area contributed by atoms with Gasteiger partial charge in [-0.15, -0.1) is 11.6 Å². The molecule has 1 aromatic rings. The van der Waals surface area contributed by atoms with Crippen molar-refractivity contribution in [3.8, 4) is 0 Å². The minimum absolute atomic E-state index is 0.132. The normalized spacial score (nSPS) is 9.79. The van der Waals surface area contributed by atoms with Gasteiger partial charge in [0.25, 0.3) is 0 Å². The van der Waals surface area contributed by atoms with Crippen molar-refractivity contribution in [3.63, 3.8) is 0 Å². The van der Waals surface area contributed by atoms with E-state index in [1.54, 1.807) is 0 Å². The minimum atomic E-state index is -1.35. The Morgan fingerprint density at radius 1 is 1.36 bits per heavy atom. The molecule has 0 atom stereocenters. The molecule has 0 aliphatic rings. The molecule has 0 unspecified atom stereocenters. The van der Waals surface area contributed by atoms with Gasteiger partial charge < -0.3 is 10.2 Å². The number of hydrogen-bond donors (Lipinski definition) is 2. The lowest BCUT2D eigenvalue weighted by Crippen LogP contribution is -2.47. The van der Waals surface area contributed by atoms with Crippen LogP contribution in [-0.2, 0) is 5.88 Å². The Kier molecular flexibility index (Phi) is 3.03. The smallest absolute Gasteiger partial charge is 0.473 e. The second-order valence-corrected chi connectivity index (χ2v) is 2.78. The van der Waals surface area contributed by atoms with Crippen molar-refractivity contribution in [2.24, 2.45) is 0 Å². The number of pyridine rings is 1. The summed E-state index contributed by atoms with van der Waals surface area (Å²) in [4.78, 5) is 21.3. The molecule has 0 aliphatic carbocycles. The number of carboxylic acids is 1. The van der Waals surface area contributed by atoms with Crippen molar-refractivity contribution >= 4 is 23.7 Å². The molecule has 0 radical (unpaired) electrons. The van der Waals surface area contributed by atoms with Gasteiger partial charge in [0.1, 0.15) is 0 Å². The Balaban J connectivity index is 3.31. The zero-order valence-electron chi connectivity index (χ0n) is 6.98. The Morgan fingerprint density at radius 3 is 2.43 bits per heavy atom. The maximum atomic E-state index is 10.7. The Labute approximate surface area is 84.2 Å². The van der Waals surface area contributed by atoms with E-state index in [0.717, 1.165) is 0 Å². The number of halogens is 1. The molecule has 1 rings (SSSR count). The highest BCUT2D eigenvalue weighted by molar-refractivity contribution is 6.17. The van der Waals surface area contributed by atoms with Crippen LogP contribution in [0.1, 0.15) is 16.1 Å². The van der Waals surface area contributed by atoms with Crippen LogP contribution in [0.3, 0.4) is 0 Å². The fraction of sp³-hybridized carbons (Fsp3) is 0.125. The van der Waals surface area contributed by atoms with E-state index < -0.39 is 12.1 Å². The largest absolute Gasteiger partial charge is 0.600 e. The Morgan fingerprint density at radius 2 is 2.00 bits per heavy atom. The van der Waals surface area contributed by atoms with Gasteiger partial charge in [-0.2, -0.15) is 4.79 Å². The van der Waals surface area contributed by atoms with Crippen LogP contribution in [0.2, 0.25) is 0 Å². The molecule has 0 aromatic carbocycles. The summed E-state index contributed by atoms with van der Waals surface area (Å²) in [5.74, 6) is -1.17. The Hall–Kier alpha value is -1.62. The van der Waals surface area contributed by atoms with E-state index in [9.17, 15) is 9.59 Å². The predicted molar refractivity (Wildman–Crippen MR) is 46.6 cm³/mol. The quantitative estimate of drug-likeness (QED) is 0.570. The van der Waals surface area contributed by atoms with Crippen LogP contribution in [-0.4, -0.2) is 22.3 Å². The highest BCUT2D eigenvalue weighted by Crippen LogP contribution is 2.02. The number of carbonyl (C=O) groups is 2. The van der Waals surface area contributed by atoms with Crippen LogP contribution < -0.4 is 4.57 Å². The van der Waals surface area contributed by atoms with Crippen LogP contribution in [0.4, 0.5) is 4.79 Å². The van der Waals surface area contributed by atoms with Gasteiger partial charge >= 0.3 is 17.8 Å². The van der Waals surface area contributed by atoms with Gasteiger partial charge in [-0.05, 0) is 6.07 Å². The molecular formula is C8H7ClNO4+. The molecule has 0 spiro atoms. The summed E-state index contributed by atoms with van der Waals surface area (Å²) >= 11 is 5.48. The van der Waals surface area contributed by atoms with Gasteiger partial charge in [-0.3, -0.25) is 0 Å². The highest BCUT2D eigenvalue weighted by atomic mass is 35.5. The number of aromatic carboxylic acids is 1. The lowest BCUT2D eigenvalue weighted by molar-refractivity contribution is -0.587. The van der Waals surface area contributed by atoms with Crippen molar-refractivity contribution in [2.75, 3.05) is 0 Å². The average Bonchev–Trinajstić information content (AvgIpc) is 2.16. The van der Waals surface area contributed by atoms with E-state index in [2.05, 4.69) is 0 Å². The lowest BCUT2D eigenvalue weighted by atomic mass is 10.2. The third-order valence-electron chi connectivity index (χ3n) is 1.59. The van der Waals surface area contributed by atoms with Crippen molar-refractivity contribution < 1.29 is 24.4 Å². The molecule has 0 saturated heterocycles. The summed E-state index contributed by atoms with van der Waals surface area (Å²) in [6.45, 7) is 0. The van der Waals surface area contributed by atoms with E-state index in [-0.39, 0.29) is 11.6 Å². The van der Waals surface area contributed by atoms with E-state index in [1.807, 2.05) is 0 Å². The van der Waals surface area contributed by atoms with Gasteiger partial charge in [-0.1, -0.05) is 4.57 Å². The first-order valence-corrected chi connectivity index (χ1v) is 4.17. The van der Waals surface area contributed by atoms with Gasteiger partial charge in [-0.25, -0.2) is 4.79 Å². The number of hydrogen-bond acceptors (Lipinski definition) is 2. The summed E-state index contributed by atoms with van der Waals surface area (Å²) in [5, 5.41) is 17.4. The molecule has 5 nitrogen and oxygen atoms in total. The number of aromatic nitrogens is 1. The molecule has 0 fully saturated rings. The van der Waals surface area contributed by atoms with Gasteiger partial charge in [0.2, 0.25) is 0 Å². The molecule has 14 heavy (non-hydrogen) atoms. The second-order valence-electron chi connectivity index (χ2n) is 2.51. The highest BCUT2D eigenvalue weighted by Gasteiger charge is 2.24. The summed E-state index contributed by atoms with van der Waals surface area (Å²) in [6.07, 6.45) is -0.173. The maximum Gasteiger partial charge on any atom is 0.600 e. The zero-order valence-corrected chi connectivity index (χ0v) is 7.73. The topological polar surface area (TPSA) is 78.5 Å². The molecule has 0 amide bonds. The molecular weight excluding hydrogens is 210 g/mol. The van der Waals surface area contributed by atoms with Crippen molar-refractivity contribution in [3.05, 3.63) is 29.6 Å². The number of carboxylic acid groups (broad SMARTS) is 2. The number of alkyl halides is 1. The average molecular weight is 217 g/mol. The molecule has 2 N–H and O–H groups in total. The number of rotatable bonds is 2. The predicted octanol–water partition coefficient (Wildman–Crippen LogP) is 0.937. The third-order valence-corrected chi connectivity index (χ3v) is 1.90. The fourth-order valence-corrected chi connectivity index (χ4v) is 1.11. The molecule has 0 saturated carbocycles. The van der Waals surface area contributed by atoms with E-state index in [1.165, 1.54) is 18.3 Å². The standard InChI is InChI=1S/C8H6ClNO4/c9-3-5-1-2-6(7(11)12)10(4-5)8(13)14/h1-2,4H,3H2,(H-,11,12,13,14)/p+1. The molecule has 0 bridgehead atoms. The second kappa shape index (κ2) is 4.06. The molecule has 0 aliphatic heterocycles. The minimum Gasteiger partial charge on any atom is -0.473 e. The monoisotopic (exact) mass is 216 g/mol. The summed E-state index contributed by atoms with van der Waals surface area (Å²) in [7, 11) is 0. The van der Waals surface area contributed by atoms with Crippen LogP contribution >= 0.6 is 11.6 Å². The van der Waals surface area contributed by atoms with Crippen LogP contribution in [0.25, 0.3) is 0 Å². The molecule has 6 heteroatoms. The fourth-order valence-electron chi connectivity index (χ4n) is 0.956. The van der Waals surface area contributed by atoms with E-state index in [4.69, 9.17) is 21.8 Å². The lowest BCUT2D eigenvalue weighted by Gasteiger charge is -1.95. The number of nitrogens with zero attached hydrogens (tertiary/aromatic N) is 1. The van der Waals surface area contributed by atoms with Gasteiger partial charge in [0.15, 0.2) is 6.20 Å².